The molecule has 6 N–H and O–H groups in total. The molecule has 77 heavy (non-hydrogen) atoms. The molecule has 4 aliphatic rings. The minimum absolute atomic E-state index is 0.0217. The van der Waals surface area contributed by atoms with Crippen LogP contribution in [0.1, 0.15) is 131 Å². The van der Waals surface area contributed by atoms with Gasteiger partial charge in [0.2, 0.25) is 5.43 Å². The molecular weight excluding hydrogens is 1000 g/mol. The van der Waals surface area contributed by atoms with E-state index in [1.54, 1.807) is 60.6 Å². The number of esters is 2. The molecule has 1 aromatic heterocycles. The summed E-state index contributed by atoms with van der Waals surface area (Å²) in [5.41, 5.74) is -4.22. The number of nitrogens with one attached hydrogen (secondary N) is 1. The van der Waals surface area contributed by atoms with E-state index in [-0.39, 0.29) is 68.6 Å². The van der Waals surface area contributed by atoms with Gasteiger partial charge in [0.15, 0.2) is 18.7 Å². The van der Waals surface area contributed by atoms with Crippen molar-refractivity contribution in [3.8, 4) is 0 Å². The largest absolute Gasteiger partial charge is 0.477 e. The predicted octanol–water partition coefficient (Wildman–Crippen LogP) is 4.32. The quantitative estimate of drug-likeness (QED) is 0.0952. The molecule has 3 aliphatic heterocycles. The number of likely N-dealkylation sites (N-methyl/N-ethyl adjacent to an activating group) is 2. The van der Waals surface area contributed by atoms with Crippen LogP contribution in [0.5, 0.6) is 0 Å². The second-order valence-electron chi connectivity index (χ2n) is 23.5. The molecule has 436 valence electrons. The zero-order chi connectivity index (χ0) is 57.1. The number of pyridine rings is 1. The van der Waals surface area contributed by atoms with Crippen LogP contribution in [-0.2, 0) is 47.5 Å². The maximum absolute atomic E-state index is 14.6. The van der Waals surface area contributed by atoms with Crippen molar-refractivity contribution in [2.24, 2.45) is 17.8 Å². The number of methoxy groups -OCH3 is 1. The van der Waals surface area contributed by atoms with Crippen molar-refractivity contribution in [2.45, 2.75) is 211 Å². The molecule has 4 heterocycles. The van der Waals surface area contributed by atoms with Gasteiger partial charge < -0.3 is 83.1 Å². The number of nitrogens with zero attached hydrogens (tertiary/aromatic N) is 3. The molecule has 0 amide bonds. The van der Waals surface area contributed by atoms with Gasteiger partial charge in [-0.25, -0.2) is 4.79 Å². The Morgan fingerprint density at radius 3 is 2.26 bits per heavy atom. The number of benzene rings is 1. The molecule has 1 aromatic carbocycles. The third-order valence-corrected chi connectivity index (χ3v) is 16.7. The van der Waals surface area contributed by atoms with E-state index < -0.39 is 113 Å². The molecule has 4 fully saturated rings. The Hall–Kier alpha value is -3.84. The van der Waals surface area contributed by atoms with Gasteiger partial charge in [0.1, 0.15) is 35.1 Å². The maximum Gasteiger partial charge on any atom is 0.341 e. The van der Waals surface area contributed by atoms with Gasteiger partial charge in [-0.2, -0.15) is 0 Å². The number of aromatic nitrogens is 1. The van der Waals surface area contributed by atoms with Crippen molar-refractivity contribution in [1.29, 1.82) is 0 Å². The van der Waals surface area contributed by atoms with Crippen molar-refractivity contribution in [2.75, 3.05) is 59.9 Å². The van der Waals surface area contributed by atoms with Gasteiger partial charge in [-0.3, -0.25) is 14.4 Å². The molecule has 0 unspecified atom stereocenters. The van der Waals surface area contributed by atoms with Gasteiger partial charge in [0.05, 0.1) is 61.1 Å². The van der Waals surface area contributed by atoms with Crippen molar-refractivity contribution in [1.82, 2.24) is 14.4 Å². The van der Waals surface area contributed by atoms with Crippen molar-refractivity contribution in [3.63, 3.8) is 0 Å². The Bertz CT molecular complexity index is 2380. The number of cyclic esters (lactones) is 1. The summed E-state index contributed by atoms with van der Waals surface area (Å²) in [4.78, 5) is 56.7. The lowest BCUT2D eigenvalue weighted by Crippen LogP contribution is -2.61. The Labute approximate surface area is 453 Å². The third kappa shape index (κ3) is 14.6. The predicted molar refractivity (Wildman–Crippen MR) is 285 cm³/mol. The monoisotopic (exact) mass is 1090 g/mol. The van der Waals surface area contributed by atoms with E-state index in [2.05, 4.69) is 5.32 Å². The van der Waals surface area contributed by atoms with Gasteiger partial charge in [0, 0.05) is 67.9 Å². The van der Waals surface area contributed by atoms with E-state index >= 15 is 0 Å². The highest BCUT2D eigenvalue weighted by atomic mass is 16.7. The summed E-state index contributed by atoms with van der Waals surface area (Å²) < 4.78 is 52.4. The van der Waals surface area contributed by atoms with Gasteiger partial charge in [-0.1, -0.05) is 20.8 Å². The minimum atomic E-state index is -1.87. The average molecular weight is 1090 g/mol. The van der Waals surface area contributed by atoms with E-state index in [1.165, 1.54) is 20.2 Å². The molecule has 21 nitrogen and oxygen atoms in total. The van der Waals surface area contributed by atoms with Gasteiger partial charge in [-0.15, -0.1) is 0 Å². The molecular formula is C56H90N4O17. The fourth-order valence-corrected chi connectivity index (χ4v) is 11.9. The Balaban J connectivity index is 1.17. The lowest BCUT2D eigenvalue weighted by Gasteiger charge is -2.49. The number of carbonyl (C=O) groups excluding carboxylic acids is 2. The number of aliphatic hydroxyl groups is 4. The van der Waals surface area contributed by atoms with Crippen LogP contribution >= 0.6 is 0 Å². The lowest BCUT2D eigenvalue weighted by atomic mass is 9.77. The summed E-state index contributed by atoms with van der Waals surface area (Å²) in [6.45, 7) is 18.4. The standard InChI is InChI=1S/C56H90N4O17/c1-15-42-56(10,69)48(64)34(6)59(13)28-30(2)26-54(8,68)49(77-53-46(63)41(58(11)12)24-31(3)72-53)32(4)47(33(5)52(67)74-42)76-44-27-55(9,70-14)50(35(7)73-44)75-43(61)20-22-71-23-21-57-36-16-19-40-38(25-36)45(62)39(51(65)66)29-60(40)37-17-18-37/h16,19,25,29-35,37,41-42,44,46-50,53,57,63-64,68-69H,15,17-18,20-24,26-28H2,1-14H3,(H,65,66)/t30-,31-,32-,33-,34-,35+,41+,42-,44+,46-,47+,48-,49-,50+,53+,54-,55-,56-/m1/s1. The van der Waals surface area contributed by atoms with Crippen LogP contribution in [0, 0.1) is 17.8 Å². The molecule has 2 aromatic rings. The Kier molecular flexibility index (Phi) is 20.8. The number of aromatic carboxylic acids is 1. The average Bonchev–Trinajstić information content (AvgIpc) is 4.24. The fourth-order valence-electron chi connectivity index (χ4n) is 11.9. The lowest BCUT2D eigenvalue weighted by molar-refractivity contribution is -0.318. The van der Waals surface area contributed by atoms with Crippen LogP contribution in [0.3, 0.4) is 0 Å². The summed E-state index contributed by atoms with van der Waals surface area (Å²) in [7, 11) is 7.05. The number of ether oxygens (including phenoxy) is 8. The fraction of sp³-hybridized carbons (Fsp3) is 0.786. The molecule has 0 radical (unpaired) electrons. The molecule has 21 heteroatoms. The molecule has 1 aliphatic carbocycles. The normalized spacial score (nSPS) is 38.2. The molecule has 0 spiro atoms. The van der Waals surface area contributed by atoms with Gasteiger partial charge in [0.25, 0.3) is 0 Å². The highest BCUT2D eigenvalue weighted by Gasteiger charge is 2.54. The third-order valence-electron chi connectivity index (χ3n) is 16.7. The van der Waals surface area contributed by atoms with Gasteiger partial charge >= 0.3 is 17.9 Å². The smallest absolute Gasteiger partial charge is 0.341 e. The van der Waals surface area contributed by atoms with Crippen LogP contribution in [0.2, 0.25) is 0 Å². The topological polar surface area (TPSA) is 267 Å². The van der Waals surface area contributed by atoms with Crippen molar-refractivity contribution in [3.05, 3.63) is 40.2 Å². The van der Waals surface area contributed by atoms with Crippen LogP contribution in [-0.4, -0.2) is 203 Å². The molecule has 6 rings (SSSR count). The van der Waals surface area contributed by atoms with Crippen LogP contribution in [0.4, 0.5) is 5.69 Å². The zero-order valence-electron chi connectivity index (χ0n) is 47.8. The summed E-state index contributed by atoms with van der Waals surface area (Å²) >= 11 is 0. The second-order valence-corrected chi connectivity index (χ2v) is 23.5. The molecule has 18 atom stereocenters. The molecule has 1 saturated carbocycles. The van der Waals surface area contributed by atoms with E-state index in [0.717, 1.165) is 12.8 Å². The molecule has 0 bridgehead atoms. The number of hydrogen-bond donors (Lipinski definition) is 6. The SMILES string of the molecule is CC[C@H]1OC(=O)[C@H](C)[C@@H](O[C@H]2C[C@@](C)(OC)[C@@H](OC(=O)CCOCCNc3ccc4c(c3)c(=O)c(C(=O)O)cn4C3CC3)[C@H](C)O2)[C@@H](C)[C@@H](O[C@@H]2O[C@H](C)C[C@H](N(C)C)[C@H]2O)[C@](C)(O)C[C@@H](C)CN(C)[C@H](C)[C@@H](O)[C@]1(C)O. The second kappa shape index (κ2) is 25.7. The number of rotatable bonds is 17. The van der Waals surface area contributed by atoms with Crippen LogP contribution in [0.15, 0.2) is 29.2 Å². The Morgan fingerprint density at radius 2 is 1.64 bits per heavy atom. The van der Waals surface area contributed by atoms with E-state index in [0.29, 0.717) is 36.1 Å². The first-order chi connectivity index (χ1) is 36.0. The van der Waals surface area contributed by atoms with Crippen molar-refractivity contribution >= 4 is 34.5 Å². The number of hydrogen-bond acceptors (Lipinski definition) is 19. The van der Waals surface area contributed by atoms with E-state index in [4.69, 9.17) is 37.9 Å². The number of anilines is 1. The number of aliphatic hydroxyl groups excluding tert-OH is 2. The summed E-state index contributed by atoms with van der Waals surface area (Å²) in [6, 6.07) is 4.52. The Morgan fingerprint density at radius 1 is 0.948 bits per heavy atom. The summed E-state index contributed by atoms with van der Waals surface area (Å²) in [6.07, 6.45) is -6.05. The first kappa shape index (κ1) is 62.4. The van der Waals surface area contributed by atoms with Crippen LogP contribution < -0.4 is 10.7 Å². The zero-order valence-corrected chi connectivity index (χ0v) is 47.8. The number of carboxylic acids is 1. The number of carboxylic acid groups (broad SMARTS) is 1. The molecule has 3 saturated heterocycles. The van der Waals surface area contributed by atoms with E-state index in [9.17, 15) is 44.7 Å². The minimum Gasteiger partial charge on any atom is -0.477 e. The highest BCUT2D eigenvalue weighted by Crippen LogP contribution is 2.42. The summed E-state index contributed by atoms with van der Waals surface area (Å²) in [5.74, 6) is -4.74. The summed E-state index contributed by atoms with van der Waals surface area (Å²) in [5, 5.41) is 61.3. The van der Waals surface area contributed by atoms with Gasteiger partial charge in [-0.05, 0) is 126 Å². The maximum atomic E-state index is 14.6. The number of fused-ring (bicyclic) bond motifs is 1. The van der Waals surface area contributed by atoms with E-state index in [1.807, 2.05) is 55.4 Å². The highest BCUT2D eigenvalue weighted by molar-refractivity contribution is 5.93. The number of carbonyl (C=O) groups is 3. The first-order valence-electron chi connectivity index (χ1n) is 27.5. The van der Waals surface area contributed by atoms with Crippen molar-refractivity contribution < 1.29 is 77.8 Å². The van der Waals surface area contributed by atoms with Crippen LogP contribution in [0.25, 0.3) is 10.9 Å². The first-order valence-corrected chi connectivity index (χ1v) is 27.5.